The van der Waals surface area contributed by atoms with Gasteiger partial charge >= 0.3 is 0 Å². The van der Waals surface area contributed by atoms with Crippen molar-refractivity contribution >= 4 is 34.1 Å². The summed E-state index contributed by atoms with van der Waals surface area (Å²) in [6.45, 7) is 4.23. The first-order valence-corrected chi connectivity index (χ1v) is 10.1. The highest BCUT2D eigenvalue weighted by Gasteiger charge is 2.16. The number of anilines is 1. The lowest BCUT2D eigenvalue weighted by molar-refractivity contribution is 0.102. The fourth-order valence-electron chi connectivity index (χ4n) is 2.41. The molecule has 0 saturated carbocycles. The van der Waals surface area contributed by atoms with Crippen LogP contribution in [-0.4, -0.2) is 16.1 Å². The molecule has 3 aromatic rings. The lowest BCUT2D eigenvalue weighted by Crippen LogP contribution is -2.12. The lowest BCUT2D eigenvalue weighted by Gasteiger charge is -2.09. The molecule has 3 rings (SSSR count). The highest BCUT2D eigenvalue weighted by molar-refractivity contribution is 7.99. The van der Waals surface area contributed by atoms with E-state index in [-0.39, 0.29) is 5.91 Å². The number of hydrogen-bond acceptors (Lipinski definition) is 6. The maximum Gasteiger partial charge on any atom is 0.258 e. The van der Waals surface area contributed by atoms with E-state index in [1.54, 1.807) is 12.1 Å². The molecule has 2 aromatic carbocycles. The molecule has 0 aliphatic carbocycles. The molecule has 0 saturated heterocycles. The van der Waals surface area contributed by atoms with E-state index in [2.05, 4.69) is 35.4 Å². The second kappa shape index (κ2) is 8.80. The van der Waals surface area contributed by atoms with Gasteiger partial charge in [0.05, 0.1) is 11.1 Å². The van der Waals surface area contributed by atoms with Gasteiger partial charge in [-0.25, -0.2) is 0 Å². The first kappa shape index (κ1) is 19.1. The molecule has 0 aliphatic rings. The molecule has 27 heavy (non-hydrogen) atoms. The van der Waals surface area contributed by atoms with Gasteiger partial charge in [-0.1, -0.05) is 61.2 Å². The number of carbonyl (C=O) groups excluding carboxylic acids is 1. The minimum absolute atomic E-state index is 0.236. The van der Waals surface area contributed by atoms with Crippen molar-refractivity contribution in [1.29, 1.82) is 5.26 Å². The summed E-state index contributed by atoms with van der Waals surface area (Å²) in [4.78, 5) is 14.4. The predicted octanol–water partition coefficient (Wildman–Crippen LogP) is 5.01. The van der Waals surface area contributed by atoms with Crippen molar-refractivity contribution in [3.63, 3.8) is 0 Å². The average molecular weight is 395 g/mol. The van der Waals surface area contributed by atoms with Gasteiger partial charge in [0.15, 0.2) is 0 Å². The number of benzene rings is 2. The fraction of sp³-hybridized carbons (Fsp3) is 0.200. The smallest absolute Gasteiger partial charge is 0.258 e. The zero-order valence-corrected chi connectivity index (χ0v) is 16.6. The largest absolute Gasteiger partial charge is 0.296 e. The minimum Gasteiger partial charge on any atom is -0.296 e. The van der Waals surface area contributed by atoms with Crippen molar-refractivity contribution in [2.75, 3.05) is 5.32 Å². The van der Waals surface area contributed by atoms with Gasteiger partial charge in [0.2, 0.25) is 5.13 Å². The molecule has 0 atom stereocenters. The van der Waals surface area contributed by atoms with Crippen LogP contribution in [0, 0.1) is 17.2 Å². The van der Waals surface area contributed by atoms with E-state index >= 15 is 0 Å². The summed E-state index contributed by atoms with van der Waals surface area (Å²) in [6.07, 6.45) is 0.838. The second-order valence-corrected chi connectivity index (χ2v) is 8.41. The molecule has 1 aromatic heterocycles. The molecule has 0 unspecified atom stereocenters. The van der Waals surface area contributed by atoms with E-state index < -0.39 is 0 Å². The quantitative estimate of drug-likeness (QED) is 0.636. The Bertz CT molecular complexity index is 991. The van der Waals surface area contributed by atoms with Crippen LogP contribution in [0.5, 0.6) is 0 Å². The van der Waals surface area contributed by atoms with Gasteiger partial charge in [-0.05, 0) is 30.2 Å². The molecule has 0 bridgehead atoms. The first-order chi connectivity index (χ1) is 13.1. The Kier molecular flexibility index (Phi) is 6.22. The fourth-order valence-corrected chi connectivity index (χ4v) is 4.38. The number of rotatable bonds is 6. The predicted molar refractivity (Wildman–Crippen MR) is 108 cm³/mol. The number of nitrogens with one attached hydrogen (secondary N) is 1. The van der Waals surface area contributed by atoms with E-state index in [0.717, 1.165) is 21.2 Å². The summed E-state index contributed by atoms with van der Waals surface area (Å²) in [6, 6.07) is 16.9. The summed E-state index contributed by atoms with van der Waals surface area (Å²) in [5, 5.41) is 21.7. The summed E-state index contributed by atoms with van der Waals surface area (Å²) < 4.78 is 0. The van der Waals surface area contributed by atoms with Crippen molar-refractivity contribution < 1.29 is 4.79 Å². The van der Waals surface area contributed by atoms with E-state index in [1.165, 1.54) is 23.1 Å². The van der Waals surface area contributed by atoms with Crippen LogP contribution in [0.4, 0.5) is 5.13 Å². The second-order valence-electron chi connectivity index (χ2n) is 6.26. The average Bonchev–Trinajstić information content (AvgIpc) is 3.08. The monoisotopic (exact) mass is 394 g/mol. The van der Waals surface area contributed by atoms with Crippen molar-refractivity contribution in [3.05, 3.63) is 64.7 Å². The van der Waals surface area contributed by atoms with Crippen LogP contribution in [0.15, 0.2) is 58.3 Å². The first-order valence-electron chi connectivity index (χ1n) is 8.46. The van der Waals surface area contributed by atoms with Gasteiger partial charge < -0.3 is 0 Å². The number of amides is 1. The molecule has 1 N–H and O–H groups in total. The maximum absolute atomic E-state index is 12.8. The Labute approximate surface area is 166 Å². The van der Waals surface area contributed by atoms with Gasteiger partial charge in [-0.15, -0.1) is 10.2 Å². The summed E-state index contributed by atoms with van der Waals surface area (Å²) in [7, 11) is 0. The van der Waals surface area contributed by atoms with Crippen LogP contribution >= 0.6 is 23.1 Å². The van der Waals surface area contributed by atoms with Crippen LogP contribution < -0.4 is 5.32 Å². The van der Waals surface area contributed by atoms with E-state index in [9.17, 15) is 10.1 Å². The van der Waals surface area contributed by atoms with Crippen molar-refractivity contribution in [2.24, 2.45) is 5.92 Å². The van der Waals surface area contributed by atoms with Crippen molar-refractivity contribution in [1.82, 2.24) is 10.2 Å². The van der Waals surface area contributed by atoms with Gasteiger partial charge in [0.25, 0.3) is 5.91 Å². The van der Waals surface area contributed by atoms with E-state index in [1.807, 2.05) is 36.4 Å². The van der Waals surface area contributed by atoms with Crippen molar-refractivity contribution in [2.45, 2.75) is 30.1 Å². The Morgan fingerprint density at radius 3 is 2.59 bits per heavy atom. The lowest BCUT2D eigenvalue weighted by atomic mass is 10.1. The normalized spacial score (nSPS) is 10.6. The number of nitrogens with zero attached hydrogens (tertiary/aromatic N) is 3. The molecular formula is C20H18N4OS2. The maximum atomic E-state index is 12.8. The SMILES string of the molecule is CC(C)Cc1nnc(NC(=O)c2ccccc2Sc2ccccc2C#N)s1. The standard InChI is InChI=1S/C20H18N4OS2/c1-13(2)11-18-23-24-20(27-18)22-19(25)15-8-4-6-10-17(15)26-16-9-5-3-7-14(16)12-21/h3-10,13H,11H2,1-2H3,(H,22,24,25). The Morgan fingerprint density at radius 2 is 1.85 bits per heavy atom. The minimum atomic E-state index is -0.236. The van der Waals surface area contributed by atoms with Gasteiger partial charge in [-0.2, -0.15) is 5.26 Å². The topological polar surface area (TPSA) is 78.7 Å². The molecular weight excluding hydrogens is 376 g/mol. The summed E-state index contributed by atoms with van der Waals surface area (Å²) in [5.74, 6) is 0.249. The molecule has 5 nitrogen and oxygen atoms in total. The van der Waals surface area contributed by atoms with Crippen LogP contribution in [0.2, 0.25) is 0 Å². The highest BCUT2D eigenvalue weighted by Crippen LogP contribution is 2.33. The van der Waals surface area contributed by atoms with Gasteiger partial charge in [0, 0.05) is 16.2 Å². The molecule has 0 aliphatic heterocycles. The third-order valence-electron chi connectivity index (χ3n) is 3.63. The molecule has 136 valence electrons. The zero-order valence-electron chi connectivity index (χ0n) is 15.0. The third kappa shape index (κ3) is 4.94. The third-order valence-corrected chi connectivity index (χ3v) is 5.64. The van der Waals surface area contributed by atoms with Gasteiger partial charge in [-0.3, -0.25) is 10.1 Å². The highest BCUT2D eigenvalue weighted by atomic mass is 32.2. The van der Waals surface area contributed by atoms with E-state index in [4.69, 9.17) is 0 Å². The van der Waals surface area contributed by atoms with Crippen LogP contribution in [-0.2, 0) is 6.42 Å². The number of aromatic nitrogens is 2. The van der Waals surface area contributed by atoms with Crippen LogP contribution in [0.25, 0.3) is 0 Å². The summed E-state index contributed by atoms with van der Waals surface area (Å²) in [5.41, 5.74) is 1.12. The molecule has 7 heteroatoms. The Hall–Kier alpha value is -2.69. The number of hydrogen-bond donors (Lipinski definition) is 1. The molecule has 0 fully saturated rings. The zero-order chi connectivity index (χ0) is 19.2. The molecule has 0 spiro atoms. The summed E-state index contributed by atoms with van der Waals surface area (Å²) >= 11 is 2.80. The molecule has 1 amide bonds. The number of nitriles is 1. The van der Waals surface area contributed by atoms with Crippen LogP contribution in [0.3, 0.4) is 0 Å². The Morgan fingerprint density at radius 1 is 1.15 bits per heavy atom. The number of carbonyl (C=O) groups is 1. The van der Waals surface area contributed by atoms with Gasteiger partial charge in [0.1, 0.15) is 11.1 Å². The van der Waals surface area contributed by atoms with Crippen molar-refractivity contribution in [3.8, 4) is 6.07 Å². The Balaban J connectivity index is 1.80. The van der Waals surface area contributed by atoms with Crippen LogP contribution in [0.1, 0.15) is 34.8 Å². The van der Waals surface area contributed by atoms with E-state index in [0.29, 0.717) is 22.2 Å². The molecule has 0 radical (unpaired) electrons. The molecule has 1 heterocycles.